The van der Waals surface area contributed by atoms with Crippen molar-refractivity contribution in [1.29, 1.82) is 0 Å². The highest BCUT2D eigenvalue weighted by molar-refractivity contribution is 7.81. The molecule has 0 saturated carbocycles. The number of rotatable bonds is 12. The number of hydrogen-bond acceptors (Lipinski definition) is 10. The molecule has 0 atom stereocenters. The Balaban J connectivity index is 4.96. The molecule has 0 aromatic rings. The first-order chi connectivity index (χ1) is 8.95. The van der Waals surface area contributed by atoms with Gasteiger partial charge in [0.1, 0.15) is 0 Å². The van der Waals surface area contributed by atoms with E-state index in [0.717, 1.165) is 7.11 Å². The molecule has 0 aliphatic rings. The molecule has 0 rings (SSSR count). The topological polar surface area (TPSA) is 149 Å². The van der Waals surface area contributed by atoms with Crippen molar-refractivity contribution in [2.45, 2.75) is 5.97 Å². The highest BCUT2D eigenvalue weighted by Gasteiger charge is 2.35. The van der Waals surface area contributed by atoms with Crippen LogP contribution in [0.2, 0.25) is 0 Å². The van der Waals surface area contributed by atoms with Gasteiger partial charge in [0.05, 0.1) is 26.9 Å². The van der Waals surface area contributed by atoms with E-state index >= 15 is 0 Å². The van der Waals surface area contributed by atoms with Gasteiger partial charge in [-0.05, 0) is 0 Å². The molecular weight excluding hydrogens is 282 g/mol. The molecule has 10 nitrogen and oxygen atoms in total. The zero-order valence-corrected chi connectivity index (χ0v) is 11.4. The highest BCUT2D eigenvalue weighted by Crippen LogP contribution is 2.06. The monoisotopic (exact) mass is 303 g/mol. The van der Waals surface area contributed by atoms with Crippen molar-refractivity contribution in [1.82, 2.24) is 16.0 Å². The maximum absolute atomic E-state index is 11.4. The Morgan fingerprint density at radius 3 is 1.58 bits per heavy atom. The van der Waals surface area contributed by atoms with Crippen LogP contribution in [0.15, 0.2) is 0 Å². The lowest BCUT2D eigenvalue weighted by molar-refractivity contribution is -0.0454. The fourth-order valence-corrected chi connectivity index (χ4v) is 1.71. The summed E-state index contributed by atoms with van der Waals surface area (Å²) in [6, 6.07) is 0. The Kier molecular flexibility index (Phi) is 9.34. The minimum absolute atomic E-state index is 0.00388. The molecule has 0 saturated heterocycles. The van der Waals surface area contributed by atoms with E-state index in [1.165, 1.54) is 0 Å². The predicted octanol–water partition coefficient (Wildman–Crippen LogP) is -3.75. The SMILES string of the molecule is COS(=O)(=O)OC(NCCO)(NCCO)NCCO. The predicted molar refractivity (Wildman–Crippen MR) is 65.0 cm³/mol. The lowest BCUT2D eigenvalue weighted by atomic mass is 10.5. The smallest absolute Gasteiger partial charge is 0.395 e. The van der Waals surface area contributed by atoms with Crippen molar-refractivity contribution >= 4 is 10.4 Å². The van der Waals surface area contributed by atoms with Gasteiger partial charge in [-0.3, -0.25) is 20.1 Å². The maximum atomic E-state index is 11.4. The average molecular weight is 303 g/mol. The Labute approximate surface area is 112 Å². The van der Waals surface area contributed by atoms with Gasteiger partial charge >= 0.3 is 10.4 Å². The zero-order valence-electron chi connectivity index (χ0n) is 10.6. The molecule has 0 fully saturated rings. The standard InChI is InChI=1S/C8H21N3O7S/c1-17-19(15,16)18-8(9-2-5-12,10-3-6-13)11-4-7-14/h9-14H,2-7H2,1H3. The molecule has 0 amide bonds. The normalized spacial score (nSPS) is 12.8. The Bertz CT molecular complexity index is 303. The lowest BCUT2D eigenvalue weighted by Gasteiger charge is -2.34. The van der Waals surface area contributed by atoms with E-state index in [0.29, 0.717) is 0 Å². The summed E-state index contributed by atoms with van der Waals surface area (Å²) in [5.74, 6) is -1.80. The van der Waals surface area contributed by atoms with E-state index in [-0.39, 0.29) is 39.5 Å². The minimum Gasteiger partial charge on any atom is -0.395 e. The van der Waals surface area contributed by atoms with Crippen LogP contribution < -0.4 is 16.0 Å². The summed E-state index contributed by atoms with van der Waals surface area (Å²) >= 11 is 0. The average Bonchev–Trinajstić information content (AvgIpc) is 2.40. The largest absolute Gasteiger partial charge is 0.403 e. The molecule has 0 unspecified atom stereocenters. The van der Waals surface area contributed by atoms with Crippen LogP contribution >= 0.6 is 0 Å². The van der Waals surface area contributed by atoms with E-state index in [4.69, 9.17) is 19.5 Å². The fourth-order valence-electron chi connectivity index (χ4n) is 1.16. The zero-order chi connectivity index (χ0) is 14.8. The summed E-state index contributed by atoms with van der Waals surface area (Å²) in [6.07, 6.45) is 0. The number of hydrogen-bond donors (Lipinski definition) is 6. The third-order valence-corrected chi connectivity index (χ3v) is 2.75. The number of aliphatic hydroxyl groups excluding tert-OH is 3. The van der Waals surface area contributed by atoms with Crippen molar-refractivity contribution in [3.8, 4) is 0 Å². The van der Waals surface area contributed by atoms with Gasteiger partial charge in [0, 0.05) is 19.6 Å². The molecule has 0 aliphatic heterocycles. The van der Waals surface area contributed by atoms with Crippen LogP contribution in [0.25, 0.3) is 0 Å². The molecule has 0 aromatic carbocycles. The fraction of sp³-hybridized carbons (Fsp3) is 1.00. The molecule has 11 heteroatoms. The second kappa shape index (κ2) is 9.52. The molecule has 116 valence electrons. The molecule has 0 spiro atoms. The second-order valence-corrected chi connectivity index (χ2v) is 4.61. The second-order valence-electron chi connectivity index (χ2n) is 3.29. The Hall–Kier alpha value is -0.370. The van der Waals surface area contributed by atoms with Crippen LogP contribution in [0, 0.1) is 0 Å². The minimum atomic E-state index is -4.30. The van der Waals surface area contributed by atoms with Gasteiger partial charge in [-0.15, -0.1) is 0 Å². The van der Waals surface area contributed by atoms with Gasteiger partial charge in [0.2, 0.25) is 0 Å². The third-order valence-electron chi connectivity index (χ3n) is 1.89. The lowest BCUT2D eigenvalue weighted by Crippen LogP contribution is -2.70. The van der Waals surface area contributed by atoms with E-state index in [1.54, 1.807) is 0 Å². The van der Waals surface area contributed by atoms with Crippen LogP contribution in [-0.4, -0.2) is 76.3 Å². The van der Waals surface area contributed by atoms with Crippen LogP contribution in [0.5, 0.6) is 0 Å². The van der Waals surface area contributed by atoms with Crippen molar-refractivity contribution in [2.75, 3.05) is 46.6 Å². The van der Waals surface area contributed by atoms with Crippen LogP contribution in [-0.2, 0) is 18.8 Å². The van der Waals surface area contributed by atoms with E-state index in [9.17, 15) is 8.42 Å². The molecule has 6 N–H and O–H groups in total. The molecule has 19 heavy (non-hydrogen) atoms. The van der Waals surface area contributed by atoms with E-state index in [2.05, 4.69) is 20.1 Å². The summed E-state index contributed by atoms with van der Waals surface area (Å²) in [4.78, 5) is 0. The van der Waals surface area contributed by atoms with Gasteiger partial charge in [0.25, 0.3) is 5.97 Å². The first kappa shape index (κ1) is 18.6. The maximum Gasteiger partial charge on any atom is 0.403 e. The van der Waals surface area contributed by atoms with Crippen molar-refractivity contribution in [2.24, 2.45) is 0 Å². The van der Waals surface area contributed by atoms with Gasteiger partial charge in [0.15, 0.2) is 0 Å². The number of aliphatic hydroxyl groups is 3. The summed E-state index contributed by atoms with van der Waals surface area (Å²) in [5.41, 5.74) is 0. The van der Waals surface area contributed by atoms with Gasteiger partial charge in [-0.2, -0.15) is 12.6 Å². The molecular formula is C8H21N3O7S. The number of nitrogens with one attached hydrogen (secondary N) is 3. The molecule has 0 bridgehead atoms. The third kappa shape index (κ3) is 7.71. The summed E-state index contributed by atoms with van der Waals surface area (Å²) in [7, 11) is -3.38. The van der Waals surface area contributed by atoms with Crippen LogP contribution in [0.1, 0.15) is 0 Å². The first-order valence-corrected chi connectivity index (χ1v) is 6.87. The van der Waals surface area contributed by atoms with E-state index in [1.807, 2.05) is 0 Å². The van der Waals surface area contributed by atoms with Crippen LogP contribution in [0.4, 0.5) is 0 Å². The van der Waals surface area contributed by atoms with Crippen molar-refractivity contribution in [3.05, 3.63) is 0 Å². The molecule has 0 aromatic heterocycles. The summed E-state index contributed by atoms with van der Waals surface area (Å²) in [5, 5.41) is 34.1. The van der Waals surface area contributed by atoms with Crippen molar-refractivity contribution < 1.29 is 32.1 Å². The van der Waals surface area contributed by atoms with Crippen LogP contribution in [0.3, 0.4) is 0 Å². The molecule has 0 radical (unpaired) electrons. The highest BCUT2D eigenvalue weighted by atomic mass is 32.3. The van der Waals surface area contributed by atoms with E-state index < -0.39 is 16.4 Å². The molecule has 0 aliphatic carbocycles. The van der Waals surface area contributed by atoms with Gasteiger partial charge in [-0.1, -0.05) is 0 Å². The summed E-state index contributed by atoms with van der Waals surface area (Å²) in [6.45, 7) is -0.846. The first-order valence-electron chi connectivity index (χ1n) is 5.54. The quantitative estimate of drug-likeness (QED) is 0.198. The van der Waals surface area contributed by atoms with Gasteiger partial charge < -0.3 is 15.3 Å². The Morgan fingerprint density at radius 2 is 1.32 bits per heavy atom. The van der Waals surface area contributed by atoms with Gasteiger partial charge in [-0.25, -0.2) is 0 Å². The molecule has 0 heterocycles. The van der Waals surface area contributed by atoms with Crippen molar-refractivity contribution in [3.63, 3.8) is 0 Å². The Morgan fingerprint density at radius 1 is 0.947 bits per heavy atom. The summed E-state index contributed by atoms with van der Waals surface area (Å²) < 4.78 is 31.6.